The molecule has 0 atom stereocenters. The third kappa shape index (κ3) is 0.264. The van der Waals surface area contributed by atoms with Crippen LogP contribution in [-0.2, 0) is 0 Å². The van der Waals surface area contributed by atoms with Crippen LogP contribution in [0.1, 0.15) is 13.8 Å². The molecular formula is C6H12P2. The van der Waals surface area contributed by atoms with Gasteiger partial charge in [0.2, 0.25) is 0 Å². The second kappa shape index (κ2) is 1.04. The summed E-state index contributed by atoms with van der Waals surface area (Å²) in [6.07, 6.45) is 0. The van der Waals surface area contributed by atoms with Crippen molar-refractivity contribution in [1.29, 1.82) is 0 Å². The highest BCUT2D eigenvalue weighted by Crippen LogP contribution is 3.15. The fourth-order valence-corrected chi connectivity index (χ4v) is 12.1. The van der Waals surface area contributed by atoms with Gasteiger partial charge in [0.25, 0.3) is 0 Å². The van der Waals surface area contributed by atoms with Crippen molar-refractivity contribution < 1.29 is 0 Å². The standard InChI is InChI=1S/C6H12P2/c1-5-6(2,7(5)3)8(5)4/h1-4H3. The van der Waals surface area contributed by atoms with E-state index >= 15 is 0 Å². The van der Waals surface area contributed by atoms with Crippen LogP contribution in [-0.4, -0.2) is 23.1 Å². The van der Waals surface area contributed by atoms with E-state index in [4.69, 9.17) is 0 Å². The van der Waals surface area contributed by atoms with Crippen molar-refractivity contribution in [3.63, 3.8) is 0 Å². The molecule has 0 aromatic heterocycles. The molecule has 2 heterocycles. The van der Waals surface area contributed by atoms with Gasteiger partial charge in [0.05, 0.1) is 0 Å². The van der Waals surface area contributed by atoms with Crippen LogP contribution in [0, 0.1) is 0 Å². The van der Waals surface area contributed by atoms with Crippen LogP contribution in [0.25, 0.3) is 0 Å². The molecule has 46 valence electrons. The lowest BCUT2D eigenvalue weighted by atomic mass is 10.4. The van der Waals surface area contributed by atoms with Crippen molar-refractivity contribution in [2.24, 2.45) is 0 Å². The van der Waals surface area contributed by atoms with Crippen molar-refractivity contribution in [3.8, 4) is 0 Å². The van der Waals surface area contributed by atoms with Crippen LogP contribution < -0.4 is 0 Å². The summed E-state index contributed by atoms with van der Waals surface area (Å²) >= 11 is 0. The van der Waals surface area contributed by atoms with E-state index in [0.29, 0.717) is 15.8 Å². The van der Waals surface area contributed by atoms with Gasteiger partial charge in [0, 0.05) is 9.79 Å². The lowest BCUT2D eigenvalue weighted by molar-refractivity contribution is 1.05. The minimum Gasteiger partial charge on any atom is -0.0862 e. The molecule has 8 heavy (non-hydrogen) atoms. The van der Waals surface area contributed by atoms with Gasteiger partial charge < -0.3 is 0 Å². The largest absolute Gasteiger partial charge is 0.0862 e. The molecule has 0 N–H and O–H groups in total. The number of hydrogen-bond acceptors (Lipinski definition) is 0. The summed E-state index contributed by atoms with van der Waals surface area (Å²) in [5.74, 6) is 0. The summed E-state index contributed by atoms with van der Waals surface area (Å²) in [5.41, 5.74) is 0. The molecule has 0 bridgehead atoms. The number of rotatable bonds is 0. The Morgan fingerprint density at radius 3 is 1.12 bits per heavy atom. The van der Waals surface area contributed by atoms with Gasteiger partial charge in [-0.3, -0.25) is 0 Å². The monoisotopic (exact) mass is 146 g/mol. The van der Waals surface area contributed by atoms with Crippen LogP contribution in [0.5, 0.6) is 0 Å². The van der Waals surface area contributed by atoms with Gasteiger partial charge in [-0.1, -0.05) is 29.7 Å². The van der Waals surface area contributed by atoms with E-state index in [1.807, 2.05) is 0 Å². The first kappa shape index (κ1) is 5.63. The molecule has 0 radical (unpaired) electrons. The van der Waals surface area contributed by atoms with Crippen LogP contribution >= 0.6 is 15.8 Å². The lowest BCUT2D eigenvalue weighted by Gasteiger charge is -2.09. The van der Waals surface area contributed by atoms with Gasteiger partial charge in [-0.05, 0) is 13.3 Å². The molecule has 0 amide bonds. The van der Waals surface area contributed by atoms with Gasteiger partial charge in [0.15, 0.2) is 0 Å². The first-order valence-electron chi connectivity index (χ1n) is 3.04. The van der Waals surface area contributed by atoms with E-state index < -0.39 is 0 Å². The third-order valence-electron chi connectivity index (χ3n) is 3.41. The van der Waals surface area contributed by atoms with Crippen molar-refractivity contribution >= 4 is 15.8 Å². The normalized spacial score (nSPS) is 76.5. The van der Waals surface area contributed by atoms with Gasteiger partial charge in [-0.2, -0.15) is 0 Å². The maximum absolute atomic E-state index is 2.48. The Hall–Kier alpha value is 0.860. The highest BCUT2D eigenvalue weighted by molar-refractivity contribution is 8.07. The Labute approximate surface area is 53.6 Å². The zero-order chi connectivity index (χ0) is 6.15. The predicted molar refractivity (Wildman–Crippen MR) is 42.5 cm³/mol. The summed E-state index contributed by atoms with van der Waals surface area (Å²) < 4.78 is 0. The fourth-order valence-electron chi connectivity index (χ4n) is 1.94. The minimum absolute atomic E-state index is 0.491. The second-order valence-corrected chi connectivity index (χ2v) is 9.68. The minimum atomic E-state index is 0.491. The van der Waals surface area contributed by atoms with Crippen LogP contribution in [0.4, 0.5) is 0 Å². The predicted octanol–water partition coefficient (Wildman–Crippen LogP) is 2.67. The summed E-state index contributed by atoms with van der Waals surface area (Å²) in [4.78, 5) is 1.80. The molecule has 0 saturated carbocycles. The quantitative estimate of drug-likeness (QED) is 0.461. The summed E-state index contributed by atoms with van der Waals surface area (Å²) in [7, 11) is 0.982. The van der Waals surface area contributed by atoms with E-state index in [9.17, 15) is 0 Å². The van der Waals surface area contributed by atoms with Crippen LogP contribution in [0.15, 0.2) is 0 Å². The lowest BCUT2D eigenvalue weighted by Crippen LogP contribution is -1.76. The molecule has 2 heteroatoms. The van der Waals surface area contributed by atoms with E-state index in [1.165, 1.54) is 0 Å². The maximum Gasteiger partial charge on any atom is 0.0222 e. The smallest absolute Gasteiger partial charge is 0.0222 e. The van der Waals surface area contributed by atoms with Crippen LogP contribution in [0.3, 0.4) is 0 Å². The molecule has 0 aromatic rings. The topological polar surface area (TPSA) is 0 Å². The maximum atomic E-state index is 2.48. The average Bonchev–Trinajstić information content (AvgIpc) is 2.34. The highest BCUT2D eigenvalue weighted by atomic mass is 31.2. The van der Waals surface area contributed by atoms with E-state index in [-0.39, 0.29) is 0 Å². The molecular weight excluding hydrogens is 134 g/mol. The molecule has 2 aliphatic rings. The molecule has 2 aliphatic heterocycles. The fraction of sp³-hybridized carbons (Fsp3) is 1.00. The Morgan fingerprint density at radius 1 is 0.875 bits per heavy atom. The first-order valence-corrected chi connectivity index (χ1v) is 6.62. The van der Waals surface area contributed by atoms with E-state index in [2.05, 4.69) is 27.2 Å². The molecule has 2 rings (SSSR count). The van der Waals surface area contributed by atoms with Crippen LogP contribution in [0.2, 0.25) is 0 Å². The molecule has 0 unspecified atom stereocenters. The molecule has 0 spiro atoms. The summed E-state index contributed by atoms with van der Waals surface area (Å²) in [5, 5.41) is 0. The molecule has 0 nitrogen and oxygen atoms in total. The highest BCUT2D eigenvalue weighted by Gasteiger charge is 2.89. The van der Waals surface area contributed by atoms with Crippen molar-refractivity contribution in [2.45, 2.75) is 23.6 Å². The molecule has 0 aliphatic carbocycles. The number of hydrogen-bond donors (Lipinski definition) is 0. The Kier molecular flexibility index (Phi) is 0.732. The Balaban J connectivity index is 2.28. The number of fused-ring (bicyclic) bond motifs is 1. The Bertz CT molecular complexity index is 127. The van der Waals surface area contributed by atoms with Crippen molar-refractivity contribution in [3.05, 3.63) is 0 Å². The summed E-state index contributed by atoms with van der Waals surface area (Å²) in [6, 6.07) is 0. The SMILES string of the molecule is CP1C2(C)P(C)C12C. The van der Waals surface area contributed by atoms with E-state index in [0.717, 1.165) is 9.79 Å². The van der Waals surface area contributed by atoms with E-state index in [1.54, 1.807) is 0 Å². The van der Waals surface area contributed by atoms with Gasteiger partial charge >= 0.3 is 0 Å². The second-order valence-electron chi connectivity index (χ2n) is 3.16. The van der Waals surface area contributed by atoms with Gasteiger partial charge in [0.1, 0.15) is 0 Å². The van der Waals surface area contributed by atoms with Gasteiger partial charge in [-0.15, -0.1) is 0 Å². The van der Waals surface area contributed by atoms with Crippen molar-refractivity contribution in [1.82, 2.24) is 0 Å². The summed E-state index contributed by atoms with van der Waals surface area (Å²) in [6.45, 7) is 9.87. The average molecular weight is 146 g/mol. The Morgan fingerprint density at radius 2 is 1.12 bits per heavy atom. The first-order chi connectivity index (χ1) is 3.56. The third-order valence-corrected chi connectivity index (χ3v) is 13.9. The van der Waals surface area contributed by atoms with Gasteiger partial charge in [-0.25, -0.2) is 0 Å². The molecule has 0 aromatic carbocycles. The van der Waals surface area contributed by atoms with Crippen molar-refractivity contribution in [2.75, 3.05) is 13.3 Å². The zero-order valence-corrected chi connectivity index (χ0v) is 7.68. The molecule has 2 saturated heterocycles. The molecule has 2 fully saturated rings. The zero-order valence-electron chi connectivity index (χ0n) is 5.89.